The Balaban J connectivity index is 1.64. The van der Waals surface area contributed by atoms with E-state index in [9.17, 15) is 9.18 Å². The van der Waals surface area contributed by atoms with E-state index in [-0.39, 0.29) is 11.5 Å². The minimum atomic E-state index is -0.491. The van der Waals surface area contributed by atoms with Crippen LogP contribution in [-0.4, -0.2) is 24.5 Å². The number of pyridine rings is 1. The molecule has 20 heavy (non-hydrogen) atoms. The molecule has 0 unspecified atom stereocenters. The third-order valence-corrected chi connectivity index (χ3v) is 4.29. The van der Waals surface area contributed by atoms with Crippen molar-refractivity contribution in [1.82, 2.24) is 10.3 Å². The van der Waals surface area contributed by atoms with E-state index < -0.39 is 5.82 Å². The van der Waals surface area contributed by atoms with Crippen LogP contribution in [0.25, 0.3) is 0 Å². The fourth-order valence-electron chi connectivity index (χ4n) is 2.88. The van der Waals surface area contributed by atoms with E-state index in [2.05, 4.69) is 15.6 Å². The van der Waals surface area contributed by atoms with Crippen LogP contribution >= 0.6 is 0 Å². The number of nitrogens with one attached hydrogen (secondary N) is 2. The molecule has 2 N–H and O–H groups in total. The van der Waals surface area contributed by atoms with Crippen LogP contribution in [0.5, 0.6) is 0 Å². The molecule has 1 aromatic rings. The molecule has 2 aliphatic rings. The Morgan fingerprint density at radius 3 is 2.60 bits per heavy atom. The first-order valence-electron chi connectivity index (χ1n) is 7.30. The van der Waals surface area contributed by atoms with E-state index in [0.29, 0.717) is 18.3 Å². The summed E-state index contributed by atoms with van der Waals surface area (Å²) in [4.78, 5) is 16.1. The molecule has 3 rings (SSSR count). The largest absolute Gasteiger partial charge is 0.372 e. The standard InChI is InChI=1S/C15H20FN3O/c1-17-14-12(6-11(16)7-18-14)15(20)19-8-13(9-2-3-9)10-4-5-10/h6-7,9-10,13H,2-5,8H2,1H3,(H,17,18)(H,19,20). The highest BCUT2D eigenvalue weighted by Crippen LogP contribution is 2.48. The van der Waals surface area contributed by atoms with Crippen LogP contribution in [0, 0.1) is 23.6 Å². The van der Waals surface area contributed by atoms with Crippen LogP contribution in [0.3, 0.4) is 0 Å². The van der Waals surface area contributed by atoms with Gasteiger partial charge in [-0.25, -0.2) is 9.37 Å². The van der Waals surface area contributed by atoms with Crippen molar-refractivity contribution < 1.29 is 9.18 Å². The zero-order valence-corrected chi connectivity index (χ0v) is 11.7. The van der Waals surface area contributed by atoms with Crippen LogP contribution in [-0.2, 0) is 0 Å². The first-order valence-corrected chi connectivity index (χ1v) is 7.30. The Bertz CT molecular complexity index is 500. The van der Waals surface area contributed by atoms with Gasteiger partial charge in [0.1, 0.15) is 11.6 Å². The second-order valence-electron chi connectivity index (χ2n) is 5.85. The third-order valence-electron chi connectivity index (χ3n) is 4.29. The van der Waals surface area contributed by atoms with Crippen molar-refractivity contribution in [2.24, 2.45) is 17.8 Å². The maximum absolute atomic E-state index is 13.2. The first-order chi connectivity index (χ1) is 9.69. The summed E-state index contributed by atoms with van der Waals surface area (Å²) in [5.74, 6) is 1.87. The summed E-state index contributed by atoms with van der Waals surface area (Å²) in [6.07, 6.45) is 6.28. The fraction of sp³-hybridized carbons (Fsp3) is 0.600. The molecule has 108 valence electrons. The Kier molecular flexibility index (Phi) is 3.59. The molecule has 1 aromatic heterocycles. The van der Waals surface area contributed by atoms with E-state index >= 15 is 0 Å². The van der Waals surface area contributed by atoms with Gasteiger partial charge in [-0.2, -0.15) is 0 Å². The highest BCUT2D eigenvalue weighted by Gasteiger charge is 2.41. The Hall–Kier alpha value is -1.65. The highest BCUT2D eigenvalue weighted by molar-refractivity contribution is 5.98. The van der Waals surface area contributed by atoms with Gasteiger partial charge in [-0.15, -0.1) is 0 Å². The predicted octanol–water partition coefficient (Wildman–Crippen LogP) is 2.43. The minimum Gasteiger partial charge on any atom is -0.372 e. The van der Waals surface area contributed by atoms with Gasteiger partial charge < -0.3 is 10.6 Å². The molecule has 5 heteroatoms. The van der Waals surface area contributed by atoms with E-state index in [1.165, 1.54) is 31.7 Å². The predicted molar refractivity (Wildman–Crippen MR) is 75.0 cm³/mol. The van der Waals surface area contributed by atoms with Gasteiger partial charge in [0.25, 0.3) is 5.91 Å². The third kappa shape index (κ3) is 2.92. The number of nitrogens with zero attached hydrogens (tertiary/aromatic N) is 1. The average Bonchev–Trinajstić information content (AvgIpc) is 3.31. The first kappa shape index (κ1) is 13.3. The molecule has 0 saturated heterocycles. The van der Waals surface area contributed by atoms with E-state index in [4.69, 9.17) is 0 Å². The average molecular weight is 277 g/mol. The number of rotatable bonds is 6. The summed E-state index contributed by atoms with van der Waals surface area (Å²) in [6, 6.07) is 1.23. The van der Waals surface area contributed by atoms with Crippen molar-refractivity contribution in [1.29, 1.82) is 0 Å². The van der Waals surface area contributed by atoms with Crippen molar-refractivity contribution in [3.8, 4) is 0 Å². The van der Waals surface area contributed by atoms with Gasteiger partial charge in [-0.3, -0.25) is 4.79 Å². The van der Waals surface area contributed by atoms with Gasteiger partial charge in [0, 0.05) is 13.6 Å². The van der Waals surface area contributed by atoms with Gasteiger partial charge in [-0.1, -0.05) is 0 Å². The second-order valence-corrected chi connectivity index (χ2v) is 5.85. The van der Waals surface area contributed by atoms with Gasteiger partial charge in [0.05, 0.1) is 11.8 Å². The van der Waals surface area contributed by atoms with Crippen LogP contribution in [0.4, 0.5) is 10.2 Å². The summed E-state index contributed by atoms with van der Waals surface area (Å²) in [7, 11) is 1.67. The quantitative estimate of drug-likeness (QED) is 0.839. The minimum absolute atomic E-state index is 0.243. The number of halogens is 1. The second kappa shape index (κ2) is 5.38. The molecular weight excluding hydrogens is 257 g/mol. The van der Waals surface area contributed by atoms with Crippen LogP contribution in [0.15, 0.2) is 12.3 Å². The molecule has 2 fully saturated rings. The molecule has 4 nitrogen and oxygen atoms in total. The van der Waals surface area contributed by atoms with Gasteiger partial charge >= 0.3 is 0 Å². The zero-order chi connectivity index (χ0) is 14.1. The summed E-state index contributed by atoms with van der Waals surface area (Å²) >= 11 is 0. The van der Waals surface area contributed by atoms with Gasteiger partial charge in [0.2, 0.25) is 0 Å². The Labute approximate surface area is 118 Å². The van der Waals surface area contributed by atoms with Crippen molar-refractivity contribution in [2.45, 2.75) is 25.7 Å². The normalized spacial score (nSPS) is 18.1. The lowest BCUT2D eigenvalue weighted by Crippen LogP contribution is -2.31. The number of anilines is 1. The van der Waals surface area contributed by atoms with E-state index in [1.54, 1.807) is 7.05 Å². The lowest BCUT2D eigenvalue weighted by Gasteiger charge is -2.16. The molecule has 0 atom stereocenters. The van der Waals surface area contributed by atoms with Crippen molar-refractivity contribution in [3.05, 3.63) is 23.6 Å². The summed E-state index contributed by atoms with van der Waals surface area (Å²) in [6.45, 7) is 0.702. The smallest absolute Gasteiger partial charge is 0.255 e. The number of aromatic nitrogens is 1. The van der Waals surface area contributed by atoms with Crippen molar-refractivity contribution >= 4 is 11.7 Å². The lowest BCUT2D eigenvalue weighted by atomic mass is 9.98. The molecule has 2 saturated carbocycles. The molecular formula is C15H20FN3O. The molecule has 0 spiro atoms. The fourth-order valence-corrected chi connectivity index (χ4v) is 2.88. The lowest BCUT2D eigenvalue weighted by molar-refractivity contribution is 0.0943. The van der Waals surface area contributed by atoms with Gasteiger partial charge in [0.15, 0.2) is 0 Å². The molecule has 2 aliphatic carbocycles. The van der Waals surface area contributed by atoms with Gasteiger partial charge in [-0.05, 0) is 49.5 Å². The number of hydrogen-bond donors (Lipinski definition) is 2. The van der Waals surface area contributed by atoms with E-state index in [1.807, 2.05) is 0 Å². The molecule has 0 bridgehead atoms. The van der Waals surface area contributed by atoms with E-state index in [0.717, 1.165) is 18.0 Å². The summed E-state index contributed by atoms with van der Waals surface area (Å²) in [5.41, 5.74) is 0.276. The van der Waals surface area contributed by atoms with Crippen molar-refractivity contribution in [2.75, 3.05) is 18.9 Å². The maximum atomic E-state index is 13.2. The number of hydrogen-bond acceptors (Lipinski definition) is 3. The number of carbonyl (C=O) groups is 1. The van der Waals surface area contributed by atoms with Crippen LogP contribution in [0.1, 0.15) is 36.0 Å². The molecule has 0 aromatic carbocycles. The Morgan fingerprint density at radius 1 is 1.40 bits per heavy atom. The van der Waals surface area contributed by atoms with Crippen LogP contribution in [0.2, 0.25) is 0 Å². The monoisotopic (exact) mass is 277 g/mol. The highest BCUT2D eigenvalue weighted by atomic mass is 19.1. The van der Waals surface area contributed by atoms with Crippen molar-refractivity contribution in [3.63, 3.8) is 0 Å². The molecule has 1 heterocycles. The summed E-state index contributed by atoms with van der Waals surface area (Å²) < 4.78 is 13.2. The molecule has 0 aliphatic heterocycles. The SMILES string of the molecule is CNc1ncc(F)cc1C(=O)NCC(C1CC1)C1CC1. The van der Waals surface area contributed by atoms with Crippen LogP contribution < -0.4 is 10.6 Å². The zero-order valence-electron chi connectivity index (χ0n) is 11.7. The summed E-state index contributed by atoms with van der Waals surface area (Å²) in [5, 5.41) is 5.78. The number of carbonyl (C=O) groups excluding carboxylic acids is 1. The number of amides is 1. The topological polar surface area (TPSA) is 54.0 Å². The maximum Gasteiger partial charge on any atom is 0.255 e. The molecule has 0 radical (unpaired) electrons. The Morgan fingerprint density at radius 2 is 2.05 bits per heavy atom. The molecule has 1 amide bonds.